The quantitative estimate of drug-likeness (QED) is 0.626. The van der Waals surface area contributed by atoms with Gasteiger partial charge in [-0.05, 0) is 41.2 Å². The molecule has 0 saturated carbocycles. The van der Waals surface area contributed by atoms with Crippen LogP contribution in [0.1, 0.15) is 41.0 Å². The third-order valence-electron chi connectivity index (χ3n) is 4.62. The minimum atomic E-state index is -0.412. The van der Waals surface area contributed by atoms with E-state index in [4.69, 9.17) is 4.74 Å². The highest BCUT2D eigenvalue weighted by molar-refractivity contribution is 6.12. The van der Waals surface area contributed by atoms with Crippen molar-refractivity contribution in [3.8, 4) is 0 Å². The molecule has 0 saturated heterocycles. The Bertz CT molecular complexity index is 776. The molecule has 24 heavy (non-hydrogen) atoms. The Morgan fingerprint density at radius 3 is 2.46 bits per heavy atom. The fraction of sp³-hybridized carbons (Fsp3) is 0.300. The molecule has 0 spiro atoms. The minimum absolute atomic E-state index is 0.0153. The van der Waals surface area contributed by atoms with Crippen LogP contribution in [0.25, 0.3) is 0 Å². The van der Waals surface area contributed by atoms with Crippen LogP contribution in [-0.2, 0) is 9.47 Å². The van der Waals surface area contributed by atoms with Crippen LogP contribution in [0.2, 0.25) is 0 Å². The molecule has 4 nitrogen and oxygen atoms in total. The molecule has 1 aliphatic carbocycles. The number of carbonyl (C=O) groups is 2. The highest BCUT2D eigenvalue weighted by Crippen LogP contribution is 2.42. The largest absolute Gasteiger partial charge is 0.497 e. The molecule has 4 heteroatoms. The first-order chi connectivity index (χ1) is 11.4. The van der Waals surface area contributed by atoms with Gasteiger partial charge in [0.1, 0.15) is 6.61 Å². The van der Waals surface area contributed by atoms with Crippen molar-refractivity contribution in [3.63, 3.8) is 0 Å². The standard InChI is InChI=1S/C20H20O4/c1-20(2)10-8-16(15-9-11-24-12-17(15)20)18(21)13-4-6-14(7-5-13)19(22)23-3/h4-9,11H,10,12H2,1-3H3. The third kappa shape index (κ3) is 2.80. The predicted octanol–water partition coefficient (Wildman–Crippen LogP) is 3.85. The van der Waals surface area contributed by atoms with Gasteiger partial charge in [0.2, 0.25) is 0 Å². The van der Waals surface area contributed by atoms with Gasteiger partial charge in [-0.3, -0.25) is 4.79 Å². The number of rotatable bonds is 3. The smallest absolute Gasteiger partial charge is 0.337 e. The van der Waals surface area contributed by atoms with Crippen LogP contribution in [0, 0.1) is 5.41 Å². The van der Waals surface area contributed by atoms with Gasteiger partial charge in [0.15, 0.2) is 5.78 Å². The highest BCUT2D eigenvalue weighted by atomic mass is 16.5. The van der Waals surface area contributed by atoms with Crippen molar-refractivity contribution in [1.82, 2.24) is 0 Å². The van der Waals surface area contributed by atoms with E-state index < -0.39 is 5.97 Å². The number of methoxy groups -OCH3 is 1. The van der Waals surface area contributed by atoms with Crippen molar-refractivity contribution >= 4 is 11.8 Å². The summed E-state index contributed by atoms with van der Waals surface area (Å²) in [5.74, 6) is -0.453. The zero-order valence-electron chi connectivity index (χ0n) is 14.1. The number of allylic oxidation sites excluding steroid dienone is 4. The lowest BCUT2D eigenvalue weighted by Crippen LogP contribution is -2.26. The minimum Gasteiger partial charge on any atom is -0.497 e. The molecule has 0 bridgehead atoms. The number of hydrogen-bond acceptors (Lipinski definition) is 4. The molecule has 1 aromatic carbocycles. The van der Waals surface area contributed by atoms with Crippen LogP contribution in [0.4, 0.5) is 0 Å². The van der Waals surface area contributed by atoms with E-state index in [2.05, 4.69) is 18.6 Å². The lowest BCUT2D eigenvalue weighted by molar-refractivity contribution is 0.0600. The van der Waals surface area contributed by atoms with E-state index in [-0.39, 0.29) is 11.2 Å². The molecular formula is C20H20O4. The second-order valence-corrected chi connectivity index (χ2v) is 6.61. The SMILES string of the molecule is COC(=O)c1ccc(C(=O)C2=CCC(C)(C)C3=C2C=COC3)cc1. The molecule has 1 aliphatic heterocycles. The Balaban J connectivity index is 1.93. The van der Waals surface area contributed by atoms with E-state index in [1.165, 1.54) is 7.11 Å². The summed E-state index contributed by atoms with van der Waals surface area (Å²) in [5.41, 5.74) is 3.79. The van der Waals surface area contributed by atoms with Crippen molar-refractivity contribution in [2.75, 3.05) is 13.7 Å². The third-order valence-corrected chi connectivity index (χ3v) is 4.62. The summed E-state index contributed by atoms with van der Waals surface area (Å²) in [6.07, 6.45) is 6.31. The fourth-order valence-corrected chi connectivity index (χ4v) is 3.07. The van der Waals surface area contributed by atoms with E-state index in [9.17, 15) is 9.59 Å². The van der Waals surface area contributed by atoms with Gasteiger partial charge < -0.3 is 9.47 Å². The van der Waals surface area contributed by atoms with Gasteiger partial charge in [-0.2, -0.15) is 0 Å². The summed E-state index contributed by atoms with van der Waals surface area (Å²) in [7, 11) is 1.33. The first-order valence-corrected chi connectivity index (χ1v) is 7.89. The highest BCUT2D eigenvalue weighted by Gasteiger charge is 2.33. The summed E-state index contributed by atoms with van der Waals surface area (Å²) in [6.45, 7) is 4.84. The Morgan fingerprint density at radius 2 is 1.79 bits per heavy atom. The fourth-order valence-electron chi connectivity index (χ4n) is 3.07. The van der Waals surface area contributed by atoms with Crippen LogP contribution >= 0.6 is 0 Å². The maximum absolute atomic E-state index is 12.9. The Hall–Kier alpha value is -2.62. The lowest BCUT2D eigenvalue weighted by atomic mass is 9.72. The van der Waals surface area contributed by atoms with Crippen molar-refractivity contribution < 1.29 is 19.1 Å². The Labute approximate surface area is 141 Å². The predicted molar refractivity (Wildman–Crippen MR) is 90.7 cm³/mol. The van der Waals surface area contributed by atoms with Crippen molar-refractivity contribution in [1.29, 1.82) is 0 Å². The number of carbonyl (C=O) groups excluding carboxylic acids is 2. The first kappa shape index (κ1) is 16.2. The average molecular weight is 324 g/mol. The summed E-state index contributed by atoms with van der Waals surface area (Å²) in [6, 6.07) is 6.56. The van der Waals surface area contributed by atoms with Crippen molar-refractivity contribution in [2.24, 2.45) is 5.41 Å². The van der Waals surface area contributed by atoms with E-state index in [0.29, 0.717) is 23.3 Å². The van der Waals surface area contributed by atoms with Crippen LogP contribution < -0.4 is 0 Å². The molecule has 0 aromatic heterocycles. The summed E-state index contributed by atoms with van der Waals surface area (Å²) < 4.78 is 10.1. The average Bonchev–Trinajstić information content (AvgIpc) is 2.61. The normalized spacial score (nSPS) is 18.4. The summed E-state index contributed by atoms with van der Waals surface area (Å²) in [4.78, 5) is 24.4. The van der Waals surface area contributed by atoms with E-state index in [0.717, 1.165) is 17.6 Å². The first-order valence-electron chi connectivity index (χ1n) is 7.89. The second kappa shape index (κ2) is 6.11. The molecule has 0 atom stereocenters. The maximum atomic E-state index is 12.9. The van der Waals surface area contributed by atoms with E-state index >= 15 is 0 Å². The molecule has 0 fully saturated rings. The number of ketones is 1. The molecule has 124 valence electrons. The van der Waals surface area contributed by atoms with Gasteiger partial charge in [0, 0.05) is 11.1 Å². The van der Waals surface area contributed by atoms with Crippen molar-refractivity contribution in [3.05, 3.63) is 70.5 Å². The van der Waals surface area contributed by atoms with Gasteiger partial charge in [0.05, 0.1) is 18.9 Å². The zero-order valence-corrected chi connectivity index (χ0v) is 14.1. The molecule has 0 amide bonds. The molecule has 0 unspecified atom stereocenters. The van der Waals surface area contributed by atoms with E-state index in [1.807, 2.05) is 12.2 Å². The Kier molecular flexibility index (Phi) is 4.14. The second-order valence-electron chi connectivity index (χ2n) is 6.61. The van der Waals surface area contributed by atoms with Gasteiger partial charge in [-0.25, -0.2) is 4.79 Å². The number of ether oxygens (including phenoxy) is 2. The van der Waals surface area contributed by atoms with Gasteiger partial charge in [0.25, 0.3) is 0 Å². The molecule has 2 aliphatic rings. The molecule has 1 heterocycles. The van der Waals surface area contributed by atoms with Crippen LogP contribution in [0.3, 0.4) is 0 Å². The molecular weight excluding hydrogens is 304 g/mol. The summed E-state index contributed by atoms with van der Waals surface area (Å²) >= 11 is 0. The van der Waals surface area contributed by atoms with Crippen molar-refractivity contribution in [2.45, 2.75) is 20.3 Å². The Morgan fingerprint density at radius 1 is 1.12 bits per heavy atom. The van der Waals surface area contributed by atoms with E-state index in [1.54, 1.807) is 30.5 Å². The molecule has 3 rings (SSSR count). The lowest BCUT2D eigenvalue weighted by Gasteiger charge is -2.35. The van der Waals surface area contributed by atoms with Gasteiger partial charge in [-0.1, -0.05) is 32.1 Å². The molecule has 0 N–H and O–H groups in total. The number of benzene rings is 1. The number of hydrogen-bond donors (Lipinski definition) is 0. The summed E-state index contributed by atoms with van der Waals surface area (Å²) in [5, 5.41) is 0. The number of esters is 1. The van der Waals surface area contributed by atoms with Crippen LogP contribution in [0.5, 0.6) is 0 Å². The van der Waals surface area contributed by atoms with Gasteiger partial charge in [-0.15, -0.1) is 0 Å². The topological polar surface area (TPSA) is 52.6 Å². The van der Waals surface area contributed by atoms with Gasteiger partial charge >= 0.3 is 5.97 Å². The van der Waals surface area contributed by atoms with Crippen LogP contribution in [-0.4, -0.2) is 25.5 Å². The number of Topliss-reactive ketones (excluding diaryl/α,β-unsaturated/α-hetero) is 1. The molecule has 1 aromatic rings. The van der Waals surface area contributed by atoms with Crippen LogP contribution in [0.15, 0.2) is 59.4 Å². The monoisotopic (exact) mass is 324 g/mol. The zero-order chi connectivity index (χ0) is 17.3. The maximum Gasteiger partial charge on any atom is 0.337 e. The molecule has 0 radical (unpaired) electrons.